The number of benzene rings is 1. The van der Waals surface area contributed by atoms with Crippen LogP contribution in [0.15, 0.2) is 23.0 Å². The van der Waals surface area contributed by atoms with Crippen LogP contribution >= 0.6 is 0 Å². The second kappa shape index (κ2) is 7.60. The van der Waals surface area contributed by atoms with Gasteiger partial charge < -0.3 is 31.3 Å². The molecule has 1 saturated carbocycles. The van der Waals surface area contributed by atoms with Crippen molar-refractivity contribution in [3.63, 3.8) is 0 Å². The molecule has 0 aliphatic heterocycles. The van der Waals surface area contributed by atoms with Crippen LogP contribution in [0.25, 0.3) is 5.76 Å². The lowest BCUT2D eigenvalue weighted by Crippen LogP contribution is -2.70. The first-order valence-corrected chi connectivity index (χ1v) is 10.5. The van der Waals surface area contributed by atoms with Crippen molar-refractivity contribution in [2.75, 3.05) is 14.1 Å². The third-order valence-electron chi connectivity index (χ3n) is 7.20. The Morgan fingerprint density at radius 2 is 1.86 bits per heavy atom. The van der Waals surface area contributed by atoms with Crippen molar-refractivity contribution in [2.24, 2.45) is 17.6 Å². The van der Waals surface area contributed by atoms with Gasteiger partial charge in [0, 0.05) is 17.6 Å². The maximum absolute atomic E-state index is 13.7. The molecule has 0 saturated heterocycles. The van der Waals surface area contributed by atoms with Crippen LogP contribution in [0.2, 0.25) is 0 Å². The Morgan fingerprint density at radius 1 is 1.26 bits per heavy atom. The number of likely N-dealkylation sites (N-methyl/N-ethyl adjacent to an activating group) is 1. The number of ketones is 2. The molecule has 4 rings (SSSR count). The minimum absolute atomic E-state index is 0.187. The molecule has 0 spiro atoms. The standard InChI is InChI=1S/C22H23N3O10/c1-6-4-9(25(34)35)16(27)10-7(6)5-8-11(17(10)28)19(30)22(33)13(15(8)26)14(24(2)3)18(29)12(20(22)31)21(23)32/h4,8,13-15,26-28,31,33H,5H2,1-3H3,(H2,23,32)/t8?,13?,14-,15-,22-/m0/s1. The molecule has 1 aromatic carbocycles. The summed E-state index contributed by atoms with van der Waals surface area (Å²) in [5, 5.41) is 66.5. The van der Waals surface area contributed by atoms with E-state index >= 15 is 0 Å². The molecule has 3 aliphatic rings. The van der Waals surface area contributed by atoms with Gasteiger partial charge in [0.05, 0.1) is 28.6 Å². The Hall–Kier alpha value is -3.81. The molecule has 5 atom stereocenters. The lowest BCUT2D eigenvalue weighted by molar-refractivity contribution is -0.386. The van der Waals surface area contributed by atoms with E-state index in [0.29, 0.717) is 5.56 Å². The average molecular weight is 489 g/mol. The number of carbonyl (C=O) groups excluding carboxylic acids is 3. The molecule has 7 N–H and O–H groups in total. The van der Waals surface area contributed by atoms with E-state index in [4.69, 9.17) is 5.73 Å². The number of carbonyl (C=O) groups is 3. The van der Waals surface area contributed by atoms with E-state index in [-0.39, 0.29) is 12.0 Å². The Morgan fingerprint density at radius 3 is 2.37 bits per heavy atom. The van der Waals surface area contributed by atoms with Gasteiger partial charge in [0.25, 0.3) is 5.91 Å². The highest BCUT2D eigenvalue weighted by Gasteiger charge is 2.67. The first-order chi connectivity index (χ1) is 16.2. The number of nitro groups is 1. The van der Waals surface area contributed by atoms with Crippen LogP contribution in [0.3, 0.4) is 0 Å². The summed E-state index contributed by atoms with van der Waals surface area (Å²) in [6.45, 7) is 1.48. The molecule has 13 nitrogen and oxygen atoms in total. The Labute approximate surface area is 197 Å². The predicted octanol–water partition coefficient (Wildman–Crippen LogP) is -0.849. The molecule has 186 valence electrons. The van der Waals surface area contributed by atoms with E-state index < -0.39 is 91.6 Å². The van der Waals surface area contributed by atoms with Gasteiger partial charge >= 0.3 is 5.69 Å². The van der Waals surface area contributed by atoms with Gasteiger partial charge in [0.15, 0.2) is 11.4 Å². The van der Waals surface area contributed by atoms with Crippen LogP contribution in [0.4, 0.5) is 5.69 Å². The number of Topliss-reactive ketones (excluding diaryl/α,β-unsaturated/α-hetero) is 2. The number of phenolic OH excluding ortho intramolecular Hbond substituents is 1. The van der Waals surface area contributed by atoms with E-state index in [1.54, 1.807) is 0 Å². The fourth-order valence-corrected chi connectivity index (χ4v) is 5.63. The van der Waals surface area contributed by atoms with E-state index in [1.807, 2.05) is 0 Å². The quantitative estimate of drug-likeness (QED) is 0.174. The molecule has 35 heavy (non-hydrogen) atoms. The van der Waals surface area contributed by atoms with Gasteiger partial charge in [-0.05, 0) is 38.6 Å². The highest BCUT2D eigenvalue weighted by molar-refractivity contribution is 6.24. The van der Waals surface area contributed by atoms with Gasteiger partial charge in [-0.1, -0.05) is 0 Å². The SMILES string of the molecule is Cc1cc([N+](=O)[O-])c(O)c2c1CC1C(=C2O)C(=O)[C@]2(O)C(O)=C(C(N)=O)C(=O)[C@@H](N(C)C)C2[C@H]1O. The molecule has 0 aromatic heterocycles. The lowest BCUT2D eigenvalue weighted by Gasteiger charge is -2.52. The van der Waals surface area contributed by atoms with Crippen LogP contribution < -0.4 is 5.73 Å². The summed E-state index contributed by atoms with van der Waals surface area (Å²) < 4.78 is 0. The van der Waals surface area contributed by atoms with Crippen molar-refractivity contribution in [3.05, 3.63) is 49.8 Å². The molecule has 13 heteroatoms. The second-order valence-corrected chi connectivity index (χ2v) is 9.22. The topological polar surface area (TPSA) is 225 Å². The van der Waals surface area contributed by atoms with Crippen molar-refractivity contribution in [3.8, 4) is 5.75 Å². The zero-order valence-electron chi connectivity index (χ0n) is 18.8. The summed E-state index contributed by atoms with van der Waals surface area (Å²) in [5.74, 6) is -9.81. The summed E-state index contributed by atoms with van der Waals surface area (Å²) in [6, 6.07) is -0.367. The number of primary amides is 1. The monoisotopic (exact) mass is 489 g/mol. The number of aryl methyl sites for hydroxylation is 1. The number of rotatable bonds is 3. The third-order valence-corrected chi connectivity index (χ3v) is 7.20. The number of aliphatic hydroxyl groups is 4. The minimum Gasteiger partial charge on any atom is -0.508 e. The number of hydrogen-bond acceptors (Lipinski definition) is 11. The highest BCUT2D eigenvalue weighted by atomic mass is 16.6. The molecular weight excluding hydrogens is 466 g/mol. The molecule has 0 heterocycles. The lowest BCUT2D eigenvalue weighted by atomic mass is 9.56. The Kier molecular flexibility index (Phi) is 5.28. The van der Waals surface area contributed by atoms with E-state index in [2.05, 4.69) is 0 Å². The molecule has 1 amide bonds. The Bertz CT molecular complexity index is 1300. The van der Waals surface area contributed by atoms with Crippen LogP contribution in [-0.2, 0) is 20.8 Å². The van der Waals surface area contributed by atoms with Crippen molar-refractivity contribution in [1.29, 1.82) is 0 Å². The number of nitro benzene ring substituents is 1. The zero-order valence-corrected chi connectivity index (χ0v) is 18.8. The number of phenols is 1. The number of hydrogen-bond donors (Lipinski definition) is 6. The number of aromatic hydroxyl groups is 1. The maximum Gasteiger partial charge on any atom is 0.311 e. The van der Waals surface area contributed by atoms with Gasteiger partial charge in [0.1, 0.15) is 17.1 Å². The van der Waals surface area contributed by atoms with E-state index in [1.165, 1.54) is 25.9 Å². The first-order valence-electron chi connectivity index (χ1n) is 10.5. The van der Waals surface area contributed by atoms with Crippen molar-refractivity contribution >= 4 is 28.9 Å². The van der Waals surface area contributed by atoms with E-state index in [0.717, 1.165) is 6.07 Å². The minimum atomic E-state index is -3.03. The van der Waals surface area contributed by atoms with Crippen molar-refractivity contribution in [2.45, 2.75) is 31.1 Å². The number of aliphatic hydroxyl groups excluding tert-OH is 3. The number of amides is 1. The van der Waals surface area contributed by atoms with Gasteiger partial charge in [-0.25, -0.2) is 0 Å². The smallest absolute Gasteiger partial charge is 0.311 e. The van der Waals surface area contributed by atoms with Gasteiger partial charge in [-0.15, -0.1) is 0 Å². The Balaban J connectivity index is 2.06. The zero-order chi connectivity index (χ0) is 26.3. The molecule has 2 unspecified atom stereocenters. The summed E-state index contributed by atoms with van der Waals surface area (Å²) in [5.41, 5.74) is -0.0686. The van der Waals surface area contributed by atoms with E-state index in [9.17, 15) is 50.0 Å². The van der Waals surface area contributed by atoms with Crippen LogP contribution in [0.5, 0.6) is 5.75 Å². The first kappa shape index (κ1) is 24.3. The van der Waals surface area contributed by atoms with Gasteiger partial charge in [-0.3, -0.25) is 29.4 Å². The fraction of sp³-hybridized carbons (Fsp3) is 0.409. The van der Waals surface area contributed by atoms with Gasteiger partial charge in [-0.2, -0.15) is 0 Å². The van der Waals surface area contributed by atoms with Crippen LogP contribution in [-0.4, -0.2) is 84.7 Å². The van der Waals surface area contributed by atoms with Crippen molar-refractivity contribution in [1.82, 2.24) is 4.90 Å². The molecule has 0 bridgehead atoms. The molecule has 3 aliphatic carbocycles. The van der Waals surface area contributed by atoms with Crippen molar-refractivity contribution < 1.29 is 44.8 Å². The molecule has 1 fully saturated rings. The summed E-state index contributed by atoms with van der Waals surface area (Å²) in [6.07, 6.45) is -1.90. The number of fused-ring (bicyclic) bond motifs is 3. The highest BCUT2D eigenvalue weighted by Crippen LogP contribution is 2.53. The van der Waals surface area contributed by atoms with Crippen LogP contribution in [0.1, 0.15) is 16.7 Å². The summed E-state index contributed by atoms with van der Waals surface area (Å²) >= 11 is 0. The third kappa shape index (κ3) is 2.95. The number of nitrogens with two attached hydrogens (primary N) is 1. The predicted molar refractivity (Wildman–Crippen MR) is 117 cm³/mol. The molecule has 0 radical (unpaired) electrons. The molecule has 1 aromatic rings. The summed E-state index contributed by atoms with van der Waals surface area (Å²) in [4.78, 5) is 50.4. The maximum atomic E-state index is 13.7. The van der Waals surface area contributed by atoms with Crippen LogP contribution in [0, 0.1) is 28.9 Å². The second-order valence-electron chi connectivity index (χ2n) is 9.22. The number of nitrogens with zero attached hydrogens (tertiary/aromatic N) is 2. The summed E-state index contributed by atoms with van der Waals surface area (Å²) in [7, 11) is 2.81. The molecular formula is C22H23N3O10. The van der Waals surface area contributed by atoms with Gasteiger partial charge in [0.2, 0.25) is 11.5 Å². The largest absolute Gasteiger partial charge is 0.508 e. The normalized spacial score (nSPS) is 30.2. The average Bonchev–Trinajstić information content (AvgIpc) is 2.75. The fourth-order valence-electron chi connectivity index (χ4n) is 5.63.